The van der Waals surface area contributed by atoms with Crippen molar-refractivity contribution >= 4 is 23.0 Å². The van der Waals surface area contributed by atoms with E-state index in [2.05, 4.69) is 22.0 Å². The van der Waals surface area contributed by atoms with Crippen molar-refractivity contribution in [3.63, 3.8) is 0 Å². The van der Waals surface area contributed by atoms with Crippen molar-refractivity contribution in [3.8, 4) is 0 Å². The molecular weight excluding hydrogens is 340 g/mol. The molecule has 1 aromatic carbocycles. The van der Waals surface area contributed by atoms with Crippen LogP contribution in [0.5, 0.6) is 0 Å². The van der Waals surface area contributed by atoms with E-state index in [0.717, 1.165) is 40.1 Å². The van der Waals surface area contributed by atoms with Crippen LogP contribution < -0.4 is 21.7 Å². The molecule has 0 saturated heterocycles. The topological polar surface area (TPSA) is 106 Å². The predicted molar refractivity (Wildman–Crippen MR) is 112 cm³/mol. The number of rotatable bonds is 6. The van der Waals surface area contributed by atoms with E-state index in [1.807, 2.05) is 39.4 Å². The fourth-order valence-corrected chi connectivity index (χ4v) is 3.23. The first-order chi connectivity index (χ1) is 12.9. The van der Waals surface area contributed by atoms with Gasteiger partial charge in [-0.15, -0.1) is 0 Å². The van der Waals surface area contributed by atoms with Crippen molar-refractivity contribution in [2.75, 3.05) is 39.0 Å². The summed E-state index contributed by atoms with van der Waals surface area (Å²) in [6, 6.07) is 6.06. The molecule has 2 rings (SSSR count). The van der Waals surface area contributed by atoms with E-state index >= 15 is 0 Å². The summed E-state index contributed by atoms with van der Waals surface area (Å²) in [6.45, 7) is 5.11. The third-order valence-electron chi connectivity index (χ3n) is 4.65. The number of benzene rings is 1. The van der Waals surface area contributed by atoms with Crippen LogP contribution in [-0.4, -0.2) is 50.4 Å². The highest BCUT2D eigenvalue weighted by Gasteiger charge is 2.23. The Morgan fingerprint density at radius 3 is 2.67 bits per heavy atom. The minimum atomic E-state index is 0.0260. The van der Waals surface area contributed by atoms with Crippen LogP contribution in [0.25, 0.3) is 5.57 Å². The Kier molecular flexibility index (Phi) is 7.01. The van der Waals surface area contributed by atoms with Gasteiger partial charge < -0.3 is 26.6 Å². The molecule has 6 N–H and O–H groups in total. The van der Waals surface area contributed by atoms with Gasteiger partial charge >= 0.3 is 0 Å². The predicted octanol–water partition coefficient (Wildman–Crippen LogP) is 1.63. The summed E-state index contributed by atoms with van der Waals surface area (Å²) < 4.78 is 0. The first-order valence-corrected chi connectivity index (χ1v) is 9.09. The zero-order chi connectivity index (χ0) is 20.0. The first kappa shape index (κ1) is 20.5. The SMILES string of the molecule is CN/C=C(\CN)c1cc(C)cc(NC(=N)C2=C(NC)CCN(C(C)=O)C2)c1. The van der Waals surface area contributed by atoms with Crippen molar-refractivity contribution in [2.24, 2.45) is 5.73 Å². The zero-order valence-electron chi connectivity index (χ0n) is 16.6. The normalized spacial score (nSPS) is 14.9. The van der Waals surface area contributed by atoms with Crippen LogP contribution in [0.1, 0.15) is 24.5 Å². The molecule has 1 amide bonds. The van der Waals surface area contributed by atoms with Gasteiger partial charge in [-0.05, 0) is 35.8 Å². The molecule has 0 fully saturated rings. The molecule has 1 aromatic rings. The lowest BCUT2D eigenvalue weighted by Gasteiger charge is -2.30. The van der Waals surface area contributed by atoms with E-state index in [1.54, 1.807) is 11.8 Å². The Labute approximate surface area is 161 Å². The van der Waals surface area contributed by atoms with E-state index in [-0.39, 0.29) is 5.91 Å². The average Bonchev–Trinajstić information content (AvgIpc) is 2.64. The van der Waals surface area contributed by atoms with E-state index < -0.39 is 0 Å². The van der Waals surface area contributed by atoms with E-state index in [4.69, 9.17) is 11.1 Å². The number of hydrogen-bond acceptors (Lipinski definition) is 5. The van der Waals surface area contributed by atoms with Crippen molar-refractivity contribution in [1.82, 2.24) is 15.5 Å². The van der Waals surface area contributed by atoms with E-state index in [0.29, 0.717) is 25.5 Å². The summed E-state index contributed by atoms with van der Waals surface area (Å²) in [5.74, 6) is 0.326. The van der Waals surface area contributed by atoms with Crippen molar-refractivity contribution in [2.45, 2.75) is 20.3 Å². The third kappa shape index (κ3) is 5.10. The Hall–Kier alpha value is -2.80. The number of nitrogens with two attached hydrogens (primary N) is 1. The highest BCUT2D eigenvalue weighted by molar-refractivity contribution is 6.07. The lowest BCUT2D eigenvalue weighted by Crippen LogP contribution is -2.40. The molecule has 0 atom stereocenters. The fraction of sp³-hybridized carbons (Fsp3) is 0.400. The molecule has 1 aliphatic heterocycles. The van der Waals surface area contributed by atoms with Gasteiger partial charge in [0.15, 0.2) is 0 Å². The maximum atomic E-state index is 11.7. The van der Waals surface area contributed by atoms with Gasteiger partial charge in [-0.2, -0.15) is 0 Å². The molecule has 7 heteroatoms. The van der Waals surface area contributed by atoms with Gasteiger partial charge in [0, 0.05) is 63.7 Å². The summed E-state index contributed by atoms with van der Waals surface area (Å²) in [4.78, 5) is 13.5. The van der Waals surface area contributed by atoms with Gasteiger partial charge in [-0.3, -0.25) is 10.2 Å². The van der Waals surface area contributed by atoms with Crippen LogP contribution in [-0.2, 0) is 4.79 Å². The Morgan fingerprint density at radius 1 is 1.33 bits per heavy atom. The van der Waals surface area contributed by atoms with Gasteiger partial charge in [0.1, 0.15) is 5.84 Å². The maximum absolute atomic E-state index is 11.7. The smallest absolute Gasteiger partial charge is 0.219 e. The second kappa shape index (κ2) is 9.23. The third-order valence-corrected chi connectivity index (χ3v) is 4.65. The monoisotopic (exact) mass is 370 g/mol. The number of carbonyl (C=O) groups is 1. The van der Waals surface area contributed by atoms with Gasteiger partial charge in [0.25, 0.3) is 0 Å². The largest absolute Gasteiger partial charge is 0.394 e. The van der Waals surface area contributed by atoms with Crippen LogP contribution in [0.4, 0.5) is 5.69 Å². The van der Waals surface area contributed by atoms with Crippen molar-refractivity contribution in [3.05, 3.63) is 46.8 Å². The van der Waals surface area contributed by atoms with E-state index in [9.17, 15) is 4.79 Å². The molecular formula is C20H30N6O. The Bertz CT molecular complexity index is 781. The zero-order valence-corrected chi connectivity index (χ0v) is 16.6. The second-order valence-electron chi connectivity index (χ2n) is 6.65. The molecule has 146 valence electrons. The highest BCUT2D eigenvalue weighted by atomic mass is 16.2. The minimum absolute atomic E-state index is 0.0260. The number of carbonyl (C=O) groups excluding carboxylic acids is 1. The molecule has 0 spiro atoms. The highest BCUT2D eigenvalue weighted by Crippen LogP contribution is 2.23. The molecule has 1 heterocycles. The molecule has 0 aliphatic carbocycles. The van der Waals surface area contributed by atoms with Gasteiger partial charge in [0.2, 0.25) is 5.91 Å². The lowest BCUT2D eigenvalue weighted by atomic mass is 10.0. The first-order valence-electron chi connectivity index (χ1n) is 9.09. The standard InChI is InChI=1S/C20H30N6O/c1-13-7-15(16(10-21)11-23-3)9-17(8-13)25-20(22)18-12-26(14(2)27)6-5-19(18)24-4/h7-9,11,23-24H,5-6,10,12,21H2,1-4H3,(H2,22,25)/b16-11+. The summed E-state index contributed by atoms with van der Waals surface area (Å²) in [7, 11) is 3.70. The van der Waals surface area contributed by atoms with Crippen LogP contribution in [0.3, 0.4) is 0 Å². The number of anilines is 1. The number of amides is 1. The fourth-order valence-electron chi connectivity index (χ4n) is 3.23. The number of hydrogen-bond donors (Lipinski definition) is 5. The summed E-state index contributed by atoms with van der Waals surface area (Å²) in [6.07, 6.45) is 2.61. The molecule has 0 radical (unpaired) electrons. The van der Waals surface area contributed by atoms with Crippen LogP contribution >= 0.6 is 0 Å². The molecule has 0 bridgehead atoms. The molecule has 0 unspecified atom stereocenters. The average molecular weight is 371 g/mol. The second-order valence-corrected chi connectivity index (χ2v) is 6.65. The van der Waals surface area contributed by atoms with E-state index in [1.165, 1.54) is 0 Å². The summed E-state index contributed by atoms with van der Waals surface area (Å²) >= 11 is 0. The molecule has 0 saturated carbocycles. The number of aryl methyl sites for hydroxylation is 1. The van der Waals surface area contributed by atoms with Crippen LogP contribution in [0.15, 0.2) is 35.7 Å². The molecule has 7 nitrogen and oxygen atoms in total. The Morgan fingerprint density at radius 2 is 2.07 bits per heavy atom. The molecule has 27 heavy (non-hydrogen) atoms. The van der Waals surface area contributed by atoms with Gasteiger partial charge in [0.05, 0.1) is 6.54 Å². The van der Waals surface area contributed by atoms with Crippen LogP contribution in [0.2, 0.25) is 0 Å². The summed E-state index contributed by atoms with van der Waals surface area (Å²) in [5, 5.41) is 18.0. The minimum Gasteiger partial charge on any atom is -0.394 e. The van der Waals surface area contributed by atoms with Crippen LogP contribution in [0, 0.1) is 12.3 Å². The number of amidine groups is 1. The van der Waals surface area contributed by atoms with Crippen molar-refractivity contribution in [1.29, 1.82) is 5.41 Å². The number of nitrogens with zero attached hydrogens (tertiary/aromatic N) is 1. The van der Waals surface area contributed by atoms with Crippen molar-refractivity contribution < 1.29 is 4.79 Å². The summed E-state index contributed by atoms with van der Waals surface area (Å²) in [5.41, 5.74) is 11.6. The molecule has 0 aromatic heterocycles. The van der Waals surface area contributed by atoms with Gasteiger partial charge in [-0.1, -0.05) is 6.07 Å². The lowest BCUT2D eigenvalue weighted by molar-refractivity contribution is -0.128. The molecule has 1 aliphatic rings. The maximum Gasteiger partial charge on any atom is 0.219 e. The number of nitrogens with one attached hydrogen (secondary N) is 4. The quantitative estimate of drug-likeness (QED) is 0.387. The van der Waals surface area contributed by atoms with Gasteiger partial charge in [-0.25, -0.2) is 0 Å². The Balaban J connectivity index is 2.29.